The number of nitrogens with one attached hydrogen (secondary N) is 2. The van der Waals surface area contributed by atoms with Crippen LogP contribution >= 0.6 is 22.9 Å². The standard InChI is InChI=1S/C23H27ClN4O7S2/c1-35-21-16(28-10-3-6-20(28)30)4-2-5-18(21)37(33,34)26-15(23(32)27-11-9-14(29)13-27)12-25-22(31)17-7-8-19(24)36-17/h2,4-5,7-8,14-15,26,29H,3,6,9-13H2,1H3,(H,25,31)/t14-,15-/m0/s1. The maximum absolute atomic E-state index is 13.5. The van der Waals surface area contributed by atoms with Crippen molar-refractivity contribution in [1.29, 1.82) is 0 Å². The minimum Gasteiger partial charge on any atom is -0.493 e. The van der Waals surface area contributed by atoms with E-state index in [-0.39, 0.29) is 36.2 Å². The van der Waals surface area contributed by atoms with E-state index in [2.05, 4.69) is 10.0 Å². The number of amides is 3. The highest BCUT2D eigenvalue weighted by molar-refractivity contribution is 7.89. The van der Waals surface area contributed by atoms with E-state index >= 15 is 0 Å². The van der Waals surface area contributed by atoms with Gasteiger partial charge in [0.25, 0.3) is 5.91 Å². The number of halogens is 1. The van der Waals surface area contributed by atoms with Crippen LogP contribution in [0.25, 0.3) is 0 Å². The maximum atomic E-state index is 13.5. The summed E-state index contributed by atoms with van der Waals surface area (Å²) in [6.45, 7) is 0.402. The molecule has 0 unspecified atom stereocenters. The largest absolute Gasteiger partial charge is 0.493 e. The Morgan fingerprint density at radius 1 is 1.27 bits per heavy atom. The number of rotatable bonds is 9. The van der Waals surface area contributed by atoms with E-state index in [1.807, 2.05) is 0 Å². The van der Waals surface area contributed by atoms with E-state index in [9.17, 15) is 27.9 Å². The number of β-amino-alcohol motifs (C(OH)–C–C–N with tert-alkyl or cyclic N) is 1. The molecular formula is C23H27ClN4O7S2. The van der Waals surface area contributed by atoms with Crippen LogP contribution in [0.1, 0.15) is 28.9 Å². The zero-order chi connectivity index (χ0) is 26.7. The Hall–Kier alpha value is -2.71. The predicted octanol–water partition coefficient (Wildman–Crippen LogP) is 1.21. The lowest BCUT2D eigenvalue weighted by Gasteiger charge is -2.25. The van der Waals surface area contributed by atoms with Gasteiger partial charge in [0.2, 0.25) is 21.8 Å². The smallest absolute Gasteiger partial charge is 0.261 e. The van der Waals surface area contributed by atoms with E-state index in [4.69, 9.17) is 16.3 Å². The zero-order valence-corrected chi connectivity index (χ0v) is 22.4. The number of thiophene rings is 1. The third-order valence-corrected chi connectivity index (χ3v) is 8.88. The third-order valence-electron chi connectivity index (χ3n) is 6.15. The molecule has 2 saturated heterocycles. The average molecular weight is 571 g/mol. The fourth-order valence-electron chi connectivity index (χ4n) is 4.35. The SMILES string of the molecule is COc1c(N2CCCC2=O)cccc1S(=O)(=O)N[C@@H](CNC(=O)c1ccc(Cl)s1)C(=O)N1CC[C@H](O)C1. The molecule has 3 heterocycles. The van der Waals surface area contributed by atoms with Gasteiger partial charge in [-0.15, -0.1) is 11.3 Å². The lowest BCUT2D eigenvalue weighted by molar-refractivity contribution is -0.132. The van der Waals surface area contributed by atoms with Crippen molar-refractivity contribution in [2.75, 3.05) is 38.2 Å². The molecule has 2 aliphatic rings. The molecule has 4 rings (SSSR count). The van der Waals surface area contributed by atoms with Crippen LogP contribution in [0.15, 0.2) is 35.2 Å². The molecule has 0 bridgehead atoms. The normalized spacial score (nSPS) is 18.8. The van der Waals surface area contributed by atoms with Gasteiger partial charge in [-0.1, -0.05) is 17.7 Å². The number of nitrogens with zero attached hydrogens (tertiary/aromatic N) is 2. The first-order valence-corrected chi connectivity index (χ1v) is 14.3. The Balaban J connectivity index is 1.60. The van der Waals surface area contributed by atoms with Gasteiger partial charge in [-0.05, 0) is 37.1 Å². The number of ether oxygens (including phenoxy) is 1. The van der Waals surface area contributed by atoms with Crippen molar-refractivity contribution in [2.24, 2.45) is 0 Å². The number of hydrogen-bond acceptors (Lipinski definition) is 8. The third kappa shape index (κ3) is 6.07. The van der Waals surface area contributed by atoms with Gasteiger partial charge in [-0.25, -0.2) is 8.42 Å². The Morgan fingerprint density at radius 2 is 2.05 bits per heavy atom. The first-order chi connectivity index (χ1) is 17.6. The summed E-state index contributed by atoms with van der Waals surface area (Å²) in [6.07, 6.45) is 0.653. The summed E-state index contributed by atoms with van der Waals surface area (Å²) in [4.78, 5) is 41.0. The number of aliphatic hydroxyl groups excluding tert-OH is 1. The van der Waals surface area contributed by atoms with E-state index in [1.54, 1.807) is 12.1 Å². The van der Waals surface area contributed by atoms with Gasteiger partial charge in [0, 0.05) is 32.6 Å². The molecule has 0 spiro atoms. The van der Waals surface area contributed by atoms with Gasteiger partial charge in [-0.3, -0.25) is 14.4 Å². The van der Waals surface area contributed by atoms with Crippen LogP contribution in [0.2, 0.25) is 4.34 Å². The zero-order valence-electron chi connectivity index (χ0n) is 20.0. The van der Waals surface area contributed by atoms with Crippen molar-refractivity contribution < 1.29 is 32.6 Å². The maximum Gasteiger partial charge on any atom is 0.261 e. The summed E-state index contributed by atoms with van der Waals surface area (Å²) in [5, 5.41) is 12.5. The predicted molar refractivity (Wildman–Crippen MR) is 138 cm³/mol. The van der Waals surface area contributed by atoms with E-state index in [0.717, 1.165) is 11.3 Å². The molecule has 14 heteroatoms. The molecule has 1 aromatic heterocycles. The summed E-state index contributed by atoms with van der Waals surface area (Å²) in [5.74, 6) is -1.26. The lowest BCUT2D eigenvalue weighted by Crippen LogP contribution is -2.53. The molecule has 37 heavy (non-hydrogen) atoms. The minimum absolute atomic E-state index is 0.0229. The monoisotopic (exact) mass is 570 g/mol. The second-order valence-corrected chi connectivity index (χ2v) is 12.1. The second kappa shape index (κ2) is 11.4. The summed E-state index contributed by atoms with van der Waals surface area (Å²) in [6, 6.07) is 6.13. The molecule has 0 radical (unpaired) electrons. The van der Waals surface area contributed by atoms with E-state index in [0.29, 0.717) is 40.7 Å². The van der Waals surface area contributed by atoms with Gasteiger partial charge in [0.1, 0.15) is 10.9 Å². The minimum atomic E-state index is -4.36. The van der Waals surface area contributed by atoms with Crippen LogP contribution in [0.4, 0.5) is 5.69 Å². The van der Waals surface area contributed by atoms with Gasteiger partial charge in [0.05, 0.1) is 28.1 Å². The fraction of sp³-hybridized carbons (Fsp3) is 0.435. The number of para-hydroxylation sites is 1. The molecule has 2 aromatic rings. The molecular weight excluding hydrogens is 544 g/mol. The van der Waals surface area contributed by atoms with Gasteiger partial charge in [-0.2, -0.15) is 4.72 Å². The summed E-state index contributed by atoms with van der Waals surface area (Å²) in [7, 11) is -3.06. The number of methoxy groups -OCH3 is 1. The molecule has 2 fully saturated rings. The van der Waals surface area contributed by atoms with Crippen LogP contribution < -0.4 is 19.7 Å². The Labute approximate surface area is 223 Å². The van der Waals surface area contributed by atoms with Crippen molar-refractivity contribution in [3.8, 4) is 5.75 Å². The Morgan fingerprint density at radius 3 is 2.65 bits per heavy atom. The van der Waals surface area contributed by atoms with Crippen molar-refractivity contribution >= 4 is 56.4 Å². The van der Waals surface area contributed by atoms with Crippen molar-refractivity contribution in [1.82, 2.24) is 14.9 Å². The number of benzene rings is 1. The highest BCUT2D eigenvalue weighted by Gasteiger charge is 2.35. The first-order valence-electron chi connectivity index (χ1n) is 11.6. The molecule has 0 saturated carbocycles. The van der Waals surface area contributed by atoms with Gasteiger partial charge >= 0.3 is 0 Å². The van der Waals surface area contributed by atoms with Crippen LogP contribution in [0.3, 0.4) is 0 Å². The number of aliphatic hydroxyl groups is 1. The average Bonchev–Trinajstić information content (AvgIpc) is 3.61. The molecule has 2 atom stereocenters. The van der Waals surface area contributed by atoms with Gasteiger partial charge < -0.3 is 25.0 Å². The molecule has 1 aromatic carbocycles. The summed E-state index contributed by atoms with van der Waals surface area (Å²) >= 11 is 6.94. The molecule has 3 N–H and O–H groups in total. The van der Waals surface area contributed by atoms with Crippen molar-refractivity contribution in [2.45, 2.75) is 36.3 Å². The van der Waals surface area contributed by atoms with Crippen LogP contribution in [0.5, 0.6) is 5.75 Å². The van der Waals surface area contributed by atoms with Crippen LogP contribution in [-0.4, -0.2) is 81.6 Å². The number of carbonyl (C=O) groups is 3. The number of sulfonamides is 1. The van der Waals surface area contributed by atoms with E-state index < -0.39 is 34.0 Å². The summed E-state index contributed by atoms with van der Waals surface area (Å²) in [5.41, 5.74) is 0.321. The highest BCUT2D eigenvalue weighted by atomic mass is 35.5. The number of anilines is 1. The molecule has 0 aliphatic carbocycles. The summed E-state index contributed by atoms with van der Waals surface area (Å²) < 4.78 is 35.3. The van der Waals surface area contributed by atoms with Crippen LogP contribution in [0, 0.1) is 0 Å². The number of likely N-dealkylation sites (tertiary alicyclic amines) is 1. The molecule has 3 amide bonds. The van der Waals surface area contributed by atoms with Crippen molar-refractivity contribution in [3.05, 3.63) is 39.5 Å². The lowest BCUT2D eigenvalue weighted by atomic mass is 10.2. The first kappa shape index (κ1) is 27.3. The Kier molecular flexibility index (Phi) is 8.39. The van der Waals surface area contributed by atoms with Crippen LogP contribution in [-0.2, 0) is 19.6 Å². The molecule has 2 aliphatic heterocycles. The quantitative estimate of drug-likeness (QED) is 0.411. The van der Waals surface area contributed by atoms with Crippen molar-refractivity contribution in [3.63, 3.8) is 0 Å². The van der Waals surface area contributed by atoms with E-state index in [1.165, 1.54) is 35.1 Å². The Bertz CT molecular complexity index is 1300. The molecule has 200 valence electrons. The fourth-order valence-corrected chi connectivity index (χ4v) is 6.68. The van der Waals surface area contributed by atoms with Gasteiger partial charge in [0.15, 0.2) is 5.75 Å². The molecule has 11 nitrogen and oxygen atoms in total. The number of hydrogen-bond donors (Lipinski definition) is 3. The topological polar surface area (TPSA) is 145 Å². The second-order valence-electron chi connectivity index (χ2n) is 8.67. The number of carbonyl (C=O) groups excluding carboxylic acids is 3. The highest BCUT2D eigenvalue weighted by Crippen LogP contribution is 2.37.